The van der Waals surface area contributed by atoms with Crippen LogP contribution in [0.25, 0.3) is 5.69 Å². The number of methoxy groups -OCH3 is 1. The number of nitrogens with two attached hydrogens (primary N) is 1. The van der Waals surface area contributed by atoms with E-state index in [9.17, 15) is 14.4 Å². The SMILES string of the molecule is COC(=O)CCc1c(C)nn(-c2ccc(C(=O)O[C@@H](C)C(N)=O)cc2)c1C. The van der Waals surface area contributed by atoms with Crippen LogP contribution in [0.4, 0.5) is 0 Å². The first-order chi connectivity index (χ1) is 12.7. The Kier molecular flexibility index (Phi) is 6.33. The van der Waals surface area contributed by atoms with Crippen molar-refractivity contribution in [2.75, 3.05) is 7.11 Å². The summed E-state index contributed by atoms with van der Waals surface area (Å²) in [4.78, 5) is 34.4. The van der Waals surface area contributed by atoms with Gasteiger partial charge in [0.15, 0.2) is 6.10 Å². The molecule has 0 saturated heterocycles. The average Bonchev–Trinajstić information content (AvgIpc) is 2.93. The number of rotatable bonds is 7. The van der Waals surface area contributed by atoms with Crippen molar-refractivity contribution < 1.29 is 23.9 Å². The fourth-order valence-corrected chi connectivity index (χ4v) is 2.64. The van der Waals surface area contributed by atoms with Gasteiger partial charge in [0.1, 0.15) is 0 Å². The molecule has 0 aliphatic carbocycles. The van der Waals surface area contributed by atoms with Crippen LogP contribution in [0.15, 0.2) is 24.3 Å². The van der Waals surface area contributed by atoms with Crippen molar-refractivity contribution in [3.05, 3.63) is 46.8 Å². The van der Waals surface area contributed by atoms with Gasteiger partial charge < -0.3 is 15.2 Å². The number of amides is 1. The molecular weight excluding hydrogens is 350 g/mol. The molecule has 27 heavy (non-hydrogen) atoms. The fraction of sp³-hybridized carbons (Fsp3) is 0.368. The highest BCUT2D eigenvalue weighted by molar-refractivity contribution is 5.92. The van der Waals surface area contributed by atoms with Gasteiger partial charge in [0.2, 0.25) is 0 Å². The van der Waals surface area contributed by atoms with Crippen LogP contribution in [0.3, 0.4) is 0 Å². The average molecular weight is 373 g/mol. The predicted octanol–water partition coefficient (Wildman–Crippen LogP) is 1.63. The van der Waals surface area contributed by atoms with E-state index in [-0.39, 0.29) is 12.4 Å². The van der Waals surface area contributed by atoms with Crippen molar-refractivity contribution in [1.29, 1.82) is 0 Å². The molecular formula is C19H23N3O5. The zero-order valence-corrected chi connectivity index (χ0v) is 15.8. The van der Waals surface area contributed by atoms with Crippen molar-refractivity contribution in [3.63, 3.8) is 0 Å². The van der Waals surface area contributed by atoms with Gasteiger partial charge in [-0.15, -0.1) is 0 Å². The molecule has 8 nitrogen and oxygen atoms in total. The van der Waals surface area contributed by atoms with Crippen LogP contribution in [0.2, 0.25) is 0 Å². The molecule has 0 unspecified atom stereocenters. The van der Waals surface area contributed by atoms with Crippen molar-refractivity contribution in [2.24, 2.45) is 5.73 Å². The standard InChI is InChI=1S/C19H23N3O5/c1-11-16(9-10-17(23)26-4)12(2)22(21-11)15-7-5-14(6-8-15)19(25)27-13(3)18(20)24/h5-8,13H,9-10H2,1-4H3,(H2,20,24)/t13-/m0/s1. The summed E-state index contributed by atoms with van der Waals surface area (Å²) in [5.74, 6) is -1.60. The fourth-order valence-electron chi connectivity index (χ4n) is 2.64. The van der Waals surface area contributed by atoms with E-state index in [0.717, 1.165) is 22.6 Å². The summed E-state index contributed by atoms with van der Waals surface area (Å²) in [6, 6.07) is 6.65. The first-order valence-electron chi connectivity index (χ1n) is 8.47. The molecule has 0 spiro atoms. The van der Waals surface area contributed by atoms with Gasteiger partial charge in [-0.2, -0.15) is 5.10 Å². The van der Waals surface area contributed by atoms with E-state index >= 15 is 0 Å². The van der Waals surface area contributed by atoms with Gasteiger partial charge in [-0.1, -0.05) is 0 Å². The minimum absolute atomic E-state index is 0.269. The number of hydrogen-bond acceptors (Lipinski definition) is 6. The van der Waals surface area contributed by atoms with Gasteiger partial charge >= 0.3 is 11.9 Å². The second kappa shape index (κ2) is 8.48. The van der Waals surface area contributed by atoms with Crippen LogP contribution in [-0.2, 0) is 25.5 Å². The van der Waals surface area contributed by atoms with Gasteiger partial charge in [-0.05, 0) is 57.0 Å². The van der Waals surface area contributed by atoms with Gasteiger partial charge in [0.05, 0.1) is 24.1 Å². The molecule has 1 aromatic carbocycles. The van der Waals surface area contributed by atoms with E-state index in [1.165, 1.54) is 14.0 Å². The molecule has 0 fully saturated rings. The Morgan fingerprint density at radius 1 is 1.19 bits per heavy atom. The van der Waals surface area contributed by atoms with Crippen molar-refractivity contribution >= 4 is 17.8 Å². The maximum atomic E-state index is 12.0. The highest BCUT2D eigenvalue weighted by atomic mass is 16.5. The summed E-state index contributed by atoms with van der Waals surface area (Å²) in [6.07, 6.45) is -0.169. The van der Waals surface area contributed by atoms with E-state index in [2.05, 4.69) is 9.84 Å². The summed E-state index contributed by atoms with van der Waals surface area (Å²) >= 11 is 0. The Labute approximate surface area is 157 Å². The smallest absolute Gasteiger partial charge is 0.338 e. The van der Waals surface area contributed by atoms with Crippen LogP contribution in [0.5, 0.6) is 0 Å². The molecule has 0 aliphatic rings. The number of aromatic nitrogens is 2. The molecule has 1 heterocycles. The Hall–Kier alpha value is -3.16. The summed E-state index contributed by atoms with van der Waals surface area (Å²) in [7, 11) is 1.36. The maximum Gasteiger partial charge on any atom is 0.338 e. The zero-order valence-electron chi connectivity index (χ0n) is 15.8. The van der Waals surface area contributed by atoms with Gasteiger partial charge in [-0.25, -0.2) is 9.48 Å². The third kappa shape index (κ3) is 4.72. The molecule has 0 saturated carbocycles. The van der Waals surface area contributed by atoms with Gasteiger partial charge in [0.25, 0.3) is 5.91 Å². The van der Waals surface area contributed by atoms with Gasteiger partial charge in [-0.3, -0.25) is 9.59 Å². The van der Waals surface area contributed by atoms with Crippen molar-refractivity contribution in [1.82, 2.24) is 9.78 Å². The van der Waals surface area contributed by atoms with E-state index in [0.29, 0.717) is 12.0 Å². The van der Waals surface area contributed by atoms with Gasteiger partial charge in [0, 0.05) is 12.1 Å². The predicted molar refractivity (Wildman–Crippen MR) is 97.4 cm³/mol. The first kappa shape index (κ1) is 20.2. The van der Waals surface area contributed by atoms with E-state index in [1.54, 1.807) is 28.9 Å². The number of nitrogens with zero attached hydrogens (tertiary/aromatic N) is 2. The van der Waals surface area contributed by atoms with E-state index < -0.39 is 18.0 Å². The first-order valence-corrected chi connectivity index (χ1v) is 8.47. The van der Waals surface area contributed by atoms with Crippen molar-refractivity contribution in [3.8, 4) is 5.69 Å². The molecule has 0 bridgehead atoms. The molecule has 1 atom stereocenters. The lowest BCUT2D eigenvalue weighted by molar-refractivity contribution is -0.140. The topological polar surface area (TPSA) is 114 Å². The quantitative estimate of drug-likeness (QED) is 0.738. The van der Waals surface area contributed by atoms with Crippen LogP contribution in [0.1, 0.15) is 40.7 Å². The third-order valence-electron chi connectivity index (χ3n) is 4.28. The second-order valence-corrected chi connectivity index (χ2v) is 6.13. The Balaban J connectivity index is 2.18. The summed E-state index contributed by atoms with van der Waals surface area (Å²) in [5.41, 5.74) is 8.88. The Morgan fingerprint density at radius 3 is 2.37 bits per heavy atom. The number of benzene rings is 1. The number of ether oxygens (including phenoxy) is 2. The molecule has 144 valence electrons. The van der Waals surface area contributed by atoms with E-state index in [1.807, 2.05) is 13.8 Å². The number of primary amides is 1. The lowest BCUT2D eigenvalue weighted by atomic mass is 10.1. The summed E-state index contributed by atoms with van der Waals surface area (Å²) in [6.45, 7) is 5.22. The summed E-state index contributed by atoms with van der Waals surface area (Å²) < 4.78 is 11.4. The van der Waals surface area contributed by atoms with Crippen LogP contribution in [0, 0.1) is 13.8 Å². The Bertz CT molecular complexity index is 855. The number of carbonyl (C=O) groups is 3. The molecule has 1 aromatic heterocycles. The zero-order chi connectivity index (χ0) is 20.1. The molecule has 8 heteroatoms. The molecule has 0 radical (unpaired) electrons. The largest absolute Gasteiger partial charge is 0.469 e. The lowest BCUT2D eigenvalue weighted by Crippen LogP contribution is -2.30. The minimum Gasteiger partial charge on any atom is -0.469 e. The number of aryl methyl sites for hydroxylation is 1. The summed E-state index contributed by atoms with van der Waals surface area (Å²) in [5, 5.41) is 4.52. The molecule has 0 aliphatic heterocycles. The minimum atomic E-state index is -0.995. The highest BCUT2D eigenvalue weighted by Crippen LogP contribution is 2.20. The van der Waals surface area contributed by atoms with Crippen LogP contribution < -0.4 is 5.73 Å². The molecule has 2 aromatic rings. The molecule has 2 rings (SSSR count). The lowest BCUT2D eigenvalue weighted by Gasteiger charge is -2.10. The number of hydrogen-bond donors (Lipinski definition) is 1. The highest BCUT2D eigenvalue weighted by Gasteiger charge is 2.17. The molecule has 2 N–H and O–H groups in total. The van der Waals surface area contributed by atoms with Crippen molar-refractivity contribution in [2.45, 2.75) is 39.7 Å². The monoisotopic (exact) mass is 373 g/mol. The second-order valence-electron chi connectivity index (χ2n) is 6.13. The third-order valence-corrected chi connectivity index (χ3v) is 4.28. The van der Waals surface area contributed by atoms with E-state index in [4.69, 9.17) is 10.5 Å². The number of carbonyl (C=O) groups excluding carboxylic acids is 3. The Morgan fingerprint density at radius 2 is 1.81 bits per heavy atom. The molecule has 1 amide bonds. The van der Waals surface area contributed by atoms with Crippen LogP contribution >= 0.6 is 0 Å². The van der Waals surface area contributed by atoms with Crippen LogP contribution in [-0.4, -0.2) is 40.8 Å². The normalized spacial score (nSPS) is 11.7. The number of esters is 2. The maximum absolute atomic E-state index is 12.0.